The minimum Gasteiger partial charge on any atom is -0.478 e. The Kier molecular flexibility index (Phi) is 5.87. The van der Waals surface area contributed by atoms with Gasteiger partial charge in [-0.3, -0.25) is 9.78 Å². The van der Waals surface area contributed by atoms with Gasteiger partial charge in [0.25, 0.3) is 5.91 Å². The highest BCUT2D eigenvalue weighted by atomic mass is 16.5. The number of hydrogen-bond acceptors (Lipinski definition) is 6. The van der Waals surface area contributed by atoms with Crippen molar-refractivity contribution in [3.05, 3.63) is 70.9 Å². The van der Waals surface area contributed by atoms with E-state index in [9.17, 15) is 14.4 Å². The summed E-state index contributed by atoms with van der Waals surface area (Å²) >= 11 is 0. The number of aromatic carboxylic acids is 1. The van der Waals surface area contributed by atoms with Gasteiger partial charge in [0.15, 0.2) is 6.10 Å². The smallest absolute Gasteiger partial charge is 0.339 e. The minimum atomic E-state index is -1.05. The minimum absolute atomic E-state index is 0.113. The number of nitrogens with zero attached hydrogens (tertiary/aromatic N) is 2. The standard InChI is InChI=1S/C24H23N3O5/c1-14(22(28)25-16-9-7-15(8-10-16)23(29)30)32-24(31)21-17-5-3-4-6-19(17)26-20-11-12-27(2)13-18(20)21/h3-10,14H,11-13H2,1-2H3,(H,25,28)(H,29,30). The van der Waals surface area contributed by atoms with E-state index in [0.717, 1.165) is 29.7 Å². The van der Waals surface area contributed by atoms with Crippen LogP contribution in [0, 0.1) is 0 Å². The van der Waals surface area contributed by atoms with Crippen LogP contribution in [-0.4, -0.2) is 52.5 Å². The summed E-state index contributed by atoms with van der Waals surface area (Å²) in [6.45, 7) is 2.93. The van der Waals surface area contributed by atoms with E-state index in [0.29, 0.717) is 23.2 Å². The fourth-order valence-corrected chi connectivity index (χ4v) is 3.77. The highest BCUT2D eigenvalue weighted by molar-refractivity contribution is 6.06. The molecule has 2 N–H and O–H groups in total. The van der Waals surface area contributed by atoms with Gasteiger partial charge < -0.3 is 20.1 Å². The van der Waals surface area contributed by atoms with Gasteiger partial charge in [-0.2, -0.15) is 0 Å². The van der Waals surface area contributed by atoms with E-state index in [1.807, 2.05) is 31.3 Å². The van der Waals surface area contributed by atoms with E-state index < -0.39 is 23.9 Å². The van der Waals surface area contributed by atoms with Crippen molar-refractivity contribution < 1.29 is 24.2 Å². The van der Waals surface area contributed by atoms with Crippen LogP contribution in [0.5, 0.6) is 0 Å². The van der Waals surface area contributed by atoms with Crippen LogP contribution in [0.25, 0.3) is 10.9 Å². The highest BCUT2D eigenvalue weighted by Gasteiger charge is 2.27. The molecule has 3 aromatic rings. The van der Waals surface area contributed by atoms with Crippen LogP contribution in [0.2, 0.25) is 0 Å². The summed E-state index contributed by atoms with van der Waals surface area (Å²) in [5.41, 5.74) is 3.41. The first-order chi connectivity index (χ1) is 15.3. The molecule has 0 saturated carbocycles. The van der Waals surface area contributed by atoms with Crippen LogP contribution in [-0.2, 0) is 22.5 Å². The summed E-state index contributed by atoms with van der Waals surface area (Å²) in [5, 5.41) is 12.3. The lowest BCUT2D eigenvalue weighted by Gasteiger charge is -2.27. The summed E-state index contributed by atoms with van der Waals surface area (Å²) in [4.78, 5) is 43.6. The Morgan fingerprint density at radius 1 is 1.12 bits per heavy atom. The maximum Gasteiger partial charge on any atom is 0.339 e. The fourth-order valence-electron chi connectivity index (χ4n) is 3.77. The van der Waals surface area contributed by atoms with Gasteiger partial charge in [0.2, 0.25) is 0 Å². The largest absolute Gasteiger partial charge is 0.478 e. The van der Waals surface area contributed by atoms with Crippen LogP contribution in [0.4, 0.5) is 5.69 Å². The molecule has 1 unspecified atom stereocenters. The molecule has 0 fully saturated rings. The molecule has 2 aromatic carbocycles. The predicted molar refractivity (Wildman–Crippen MR) is 119 cm³/mol. The lowest BCUT2D eigenvalue weighted by molar-refractivity contribution is -0.123. The number of ether oxygens (including phenoxy) is 1. The molecule has 0 spiro atoms. The Balaban J connectivity index is 1.56. The first-order valence-electron chi connectivity index (χ1n) is 10.3. The lowest BCUT2D eigenvalue weighted by Crippen LogP contribution is -2.32. The van der Waals surface area contributed by atoms with Crippen LogP contribution < -0.4 is 5.32 Å². The van der Waals surface area contributed by atoms with Gasteiger partial charge in [0.1, 0.15) is 0 Å². The Hall–Kier alpha value is -3.78. The number of hydrogen-bond donors (Lipinski definition) is 2. The number of para-hydroxylation sites is 1. The summed E-state index contributed by atoms with van der Waals surface area (Å²) in [7, 11) is 1.99. The number of carbonyl (C=O) groups is 3. The molecule has 8 nitrogen and oxygen atoms in total. The molecule has 0 bridgehead atoms. The Bertz CT molecular complexity index is 1210. The molecule has 1 aromatic heterocycles. The number of rotatable bonds is 5. The maximum atomic E-state index is 13.2. The number of benzene rings is 2. The summed E-state index contributed by atoms with van der Waals surface area (Å²) < 4.78 is 5.55. The number of carbonyl (C=O) groups excluding carboxylic acids is 2. The zero-order valence-electron chi connectivity index (χ0n) is 17.8. The maximum absolute atomic E-state index is 13.2. The first kappa shape index (κ1) is 21.5. The third-order valence-corrected chi connectivity index (χ3v) is 5.49. The van der Waals surface area contributed by atoms with E-state index in [4.69, 9.17) is 14.8 Å². The van der Waals surface area contributed by atoms with Gasteiger partial charge in [-0.1, -0.05) is 18.2 Å². The molecule has 2 heterocycles. The van der Waals surface area contributed by atoms with Crippen LogP contribution in [0.1, 0.15) is 38.9 Å². The van der Waals surface area contributed by atoms with Gasteiger partial charge in [-0.05, 0) is 44.3 Å². The number of carboxylic acids is 1. The number of fused-ring (bicyclic) bond motifs is 2. The van der Waals surface area contributed by atoms with Crippen molar-refractivity contribution in [3.63, 3.8) is 0 Å². The number of aromatic nitrogens is 1. The van der Waals surface area contributed by atoms with E-state index in [1.165, 1.54) is 31.2 Å². The molecular formula is C24H23N3O5. The monoisotopic (exact) mass is 433 g/mol. The summed E-state index contributed by atoms with van der Waals surface area (Å²) in [6, 6.07) is 13.2. The second-order valence-corrected chi connectivity index (χ2v) is 7.84. The van der Waals surface area contributed by atoms with Gasteiger partial charge in [0.05, 0.1) is 16.6 Å². The second-order valence-electron chi connectivity index (χ2n) is 7.84. The average Bonchev–Trinajstić information content (AvgIpc) is 2.77. The van der Waals surface area contributed by atoms with Gasteiger partial charge in [-0.25, -0.2) is 9.59 Å². The molecule has 8 heteroatoms. The Morgan fingerprint density at radius 2 is 1.84 bits per heavy atom. The summed E-state index contributed by atoms with van der Waals surface area (Å²) in [6.07, 6.45) is -0.315. The van der Waals surface area contributed by atoms with Crippen molar-refractivity contribution in [3.8, 4) is 0 Å². The van der Waals surface area contributed by atoms with Crippen molar-refractivity contribution in [2.75, 3.05) is 18.9 Å². The van der Waals surface area contributed by atoms with E-state index in [1.54, 1.807) is 0 Å². The zero-order valence-corrected chi connectivity index (χ0v) is 17.8. The Labute approximate surface area is 184 Å². The molecule has 0 saturated heterocycles. The SMILES string of the molecule is CC(OC(=O)c1c2c(nc3ccccc13)CCN(C)C2)C(=O)Nc1ccc(C(=O)O)cc1. The zero-order chi connectivity index (χ0) is 22.8. The van der Waals surface area contributed by atoms with E-state index in [-0.39, 0.29) is 5.56 Å². The number of likely N-dealkylation sites (N-methyl/N-ethyl adjacent to an activating group) is 1. The van der Waals surface area contributed by atoms with E-state index >= 15 is 0 Å². The topological polar surface area (TPSA) is 109 Å². The molecule has 4 rings (SSSR count). The number of esters is 1. The van der Waals surface area contributed by atoms with Gasteiger partial charge in [0, 0.05) is 41.8 Å². The van der Waals surface area contributed by atoms with Crippen molar-refractivity contribution in [1.82, 2.24) is 9.88 Å². The molecule has 1 aliphatic heterocycles. The second kappa shape index (κ2) is 8.76. The fraction of sp³-hybridized carbons (Fsp3) is 0.250. The Morgan fingerprint density at radius 3 is 2.56 bits per heavy atom. The lowest BCUT2D eigenvalue weighted by atomic mass is 9.96. The van der Waals surface area contributed by atoms with Crippen molar-refractivity contribution in [1.29, 1.82) is 0 Å². The van der Waals surface area contributed by atoms with Crippen LogP contribution in [0.3, 0.4) is 0 Å². The third-order valence-electron chi connectivity index (χ3n) is 5.49. The molecule has 164 valence electrons. The van der Waals surface area contributed by atoms with Crippen molar-refractivity contribution in [2.24, 2.45) is 0 Å². The number of amides is 1. The third kappa shape index (κ3) is 4.31. The normalized spacial score (nSPS) is 14.4. The number of carboxylic acid groups (broad SMARTS) is 1. The van der Waals surface area contributed by atoms with Gasteiger partial charge in [-0.15, -0.1) is 0 Å². The molecule has 32 heavy (non-hydrogen) atoms. The van der Waals surface area contributed by atoms with Crippen molar-refractivity contribution >= 4 is 34.4 Å². The van der Waals surface area contributed by atoms with Crippen LogP contribution >= 0.6 is 0 Å². The molecule has 1 aliphatic rings. The predicted octanol–water partition coefficient (Wildman–Crippen LogP) is 3.10. The highest BCUT2D eigenvalue weighted by Crippen LogP contribution is 2.28. The number of anilines is 1. The summed E-state index contributed by atoms with van der Waals surface area (Å²) in [5.74, 6) is -2.13. The molecule has 0 radical (unpaired) electrons. The molecular weight excluding hydrogens is 410 g/mol. The number of nitrogens with one attached hydrogen (secondary N) is 1. The van der Waals surface area contributed by atoms with Crippen molar-refractivity contribution in [2.45, 2.75) is 26.0 Å². The molecule has 1 atom stereocenters. The first-order valence-corrected chi connectivity index (χ1v) is 10.3. The van der Waals surface area contributed by atoms with E-state index in [2.05, 4.69) is 10.2 Å². The quantitative estimate of drug-likeness (QED) is 0.595. The molecule has 1 amide bonds. The van der Waals surface area contributed by atoms with Crippen LogP contribution in [0.15, 0.2) is 48.5 Å². The number of pyridine rings is 1. The average molecular weight is 433 g/mol. The van der Waals surface area contributed by atoms with Gasteiger partial charge >= 0.3 is 11.9 Å². The molecule has 0 aliphatic carbocycles.